The summed E-state index contributed by atoms with van der Waals surface area (Å²) in [6, 6.07) is 17.5. The Hall–Kier alpha value is -1.19. The maximum atomic E-state index is 11.6. The van der Waals surface area contributed by atoms with Crippen LogP contribution in [0, 0.1) is 0 Å². The van der Waals surface area contributed by atoms with Gasteiger partial charge < -0.3 is 14.4 Å². The van der Waals surface area contributed by atoms with E-state index in [0.29, 0.717) is 11.9 Å². The van der Waals surface area contributed by atoms with Crippen molar-refractivity contribution < 1.29 is 81.9 Å². The van der Waals surface area contributed by atoms with E-state index in [4.69, 9.17) is 0 Å². The van der Waals surface area contributed by atoms with Crippen LogP contribution < -0.4 is 56.7 Å². The first-order valence-electron chi connectivity index (χ1n) is 11.7. The third kappa shape index (κ3) is 7.76. The normalized spacial score (nSPS) is 15.5. The number of nitrogens with one attached hydrogen (secondary N) is 1. The van der Waals surface area contributed by atoms with E-state index in [1.807, 2.05) is 67.0 Å². The molecule has 0 unspecified atom stereocenters. The van der Waals surface area contributed by atoms with Gasteiger partial charge >= 0.3 is 51.4 Å². The van der Waals surface area contributed by atoms with E-state index in [0.717, 1.165) is 32.5 Å². The predicted molar refractivity (Wildman–Crippen MR) is 150 cm³/mol. The number of benzene rings is 3. The Bertz CT molecular complexity index is 1700. The largest absolute Gasteiger partial charge is 1.00 e. The standard InChI is InChI=1S/C27H27BrN2O6S2.K/c1-27(2)25(14-10-20(28)18-29-21-7-4-3-5-8-21)30(15-6-16-37(31,32)33)24-13-9-19-17-22(38(34,35)36)11-12-23(19)26(24)27;/h3-5,7-14,17-18H,6,15-16H2,1-2H3,(H2,31,32,33,34,35,36);/q;+1/p-1. The minimum atomic E-state index is -4.61. The molecule has 200 valence electrons. The van der Waals surface area contributed by atoms with Crippen molar-refractivity contribution in [3.05, 3.63) is 89.1 Å². The van der Waals surface area contributed by atoms with Crippen LogP contribution in [0.25, 0.3) is 10.8 Å². The van der Waals surface area contributed by atoms with Crippen LogP contribution >= 0.6 is 15.9 Å². The first-order chi connectivity index (χ1) is 17.8. The molecule has 0 aromatic heterocycles. The van der Waals surface area contributed by atoms with Crippen LogP contribution in [0.15, 0.2) is 88.4 Å². The number of nitrogens with zero attached hydrogens (tertiary/aromatic N) is 1. The molecule has 0 amide bonds. The van der Waals surface area contributed by atoms with Crippen molar-refractivity contribution in [2.75, 3.05) is 17.6 Å². The fraction of sp³-hybridized carbons (Fsp3) is 0.222. The molecule has 0 bridgehead atoms. The molecule has 1 heterocycles. The second kappa shape index (κ2) is 12.8. The van der Waals surface area contributed by atoms with Gasteiger partial charge in [-0.3, -0.25) is 0 Å². The zero-order valence-corrected chi connectivity index (χ0v) is 28.1. The molecule has 1 aliphatic heterocycles. The second-order valence-electron chi connectivity index (χ2n) is 9.45. The van der Waals surface area contributed by atoms with Crippen molar-refractivity contribution in [3.8, 4) is 0 Å². The summed E-state index contributed by atoms with van der Waals surface area (Å²) >= 11 is 3.55. The summed E-state index contributed by atoms with van der Waals surface area (Å²) in [6.45, 7) is 4.33. The molecule has 0 fully saturated rings. The Kier molecular flexibility index (Phi) is 10.6. The Balaban J connectivity index is 0.00000420. The van der Waals surface area contributed by atoms with Gasteiger partial charge in [0.1, 0.15) is 16.7 Å². The van der Waals surface area contributed by atoms with Crippen molar-refractivity contribution in [2.45, 2.75) is 30.6 Å². The van der Waals surface area contributed by atoms with Crippen molar-refractivity contribution in [2.24, 2.45) is 0 Å². The minimum Gasteiger partial charge on any atom is -0.748 e. The van der Waals surface area contributed by atoms with Gasteiger partial charge in [-0.15, -0.1) is 0 Å². The van der Waals surface area contributed by atoms with Gasteiger partial charge in [0, 0.05) is 46.2 Å². The van der Waals surface area contributed by atoms with Gasteiger partial charge in [0.2, 0.25) is 5.69 Å². The summed E-state index contributed by atoms with van der Waals surface area (Å²) in [6.07, 6.45) is 5.74. The summed E-state index contributed by atoms with van der Waals surface area (Å²) in [5, 5.41) is 4.59. The van der Waals surface area contributed by atoms with Gasteiger partial charge in [-0.2, -0.15) is 4.58 Å². The second-order valence-corrected chi connectivity index (χ2v) is 13.3. The molecule has 0 aliphatic carbocycles. The fourth-order valence-corrected chi connectivity index (χ4v) is 6.00. The number of anilines is 1. The molecule has 0 radical (unpaired) electrons. The molecule has 3 aromatic carbocycles. The van der Waals surface area contributed by atoms with Crippen LogP contribution in [-0.4, -0.2) is 48.5 Å². The molecule has 1 aliphatic rings. The zero-order valence-electron chi connectivity index (χ0n) is 21.7. The average molecular weight is 658 g/mol. The Morgan fingerprint density at radius 3 is 2.36 bits per heavy atom. The van der Waals surface area contributed by atoms with Crippen LogP contribution in [-0.2, 0) is 25.7 Å². The van der Waals surface area contributed by atoms with Gasteiger partial charge in [0.15, 0.2) is 5.71 Å². The van der Waals surface area contributed by atoms with E-state index in [9.17, 15) is 25.9 Å². The van der Waals surface area contributed by atoms with Crippen LogP contribution in [0.3, 0.4) is 0 Å². The van der Waals surface area contributed by atoms with Gasteiger partial charge in [0.25, 0.3) is 0 Å². The monoisotopic (exact) mass is 656 g/mol. The fourth-order valence-electron chi connectivity index (χ4n) is 4.76. The average Bonchev–Trinajstić information content (AvgIpc) is 3.06. The molecule has 39 heavy (non-hydrogen) atoms. The maximum Gasteiger partial charge on any atom is 1.00 e. The first-order valence-corrected chi connectivity index (χ1v) is 15.5. The number of rotatable bonds is 9. The third-order valence-corrected chi connectivity index (χ3v) is 8.55. The summed E-state index contributed by atoms with van der Waals surface area (Å²) in [4.78, 5) is -0.303. The Morgan fingerprint density at radius 1 is 1.03 bits per heavy atom. The number of fused-ring (bicyclic) bond motifs is 3. The molecule has 8 nitrogen and oxygen atoms in total. The smallest absolute Gasteiger partial charge is 0.748 e. The molecular weight excluding hydrogens is 631 g/mol. The van der Waals surface area contributed by atoms with Crippen molar-refractivity contribution in [1.82, 2.24) is 0 Å². The van der Waals surface area contributed by atoms with Crippen LogP contribution in [0.5, 0.6) is 0 Å². The molecule has 1 N–H and O–H groups in total. The summed E-state index contributed by atoms with van der Waals surface area (Å²) in [5.74, 6) is -0.487. The molecule has 0 atom stereocenters. The maximum absolute atomic E-state index is 11.6. The molecule has 0 saturated heterocycles. The number of halogens is 1. The van der Waals surface area contributed by atoms with Gasteiger partial charge in [-0.1, -0.05) is 24.3 Å². The number of hydrogen-bond donors (Lipinski definition) is 1. The van der Waals surface area contributed by atoms with E-state index in [2.05, 4.69) is 21.2 Å². The van der Waals surface area contributed by atoms with E-state index in [-0.39, 0.29) is 62.7 Å². The molecular formula is C27H26BrKN2O6S2. The molecule has 4 rings (SSSR count). The Morgan fingerprint density at radius 2 is 1.72 bits per heavy atom. The van der Waals surface area contributed by atoms with E-state index >= 15 is 0 Å². The number of allylic oxidation sites excluding steroid dienone is 3. The van der Waals surface area contributed by atoms with Crippen molar-refractivity contribution in [1.29, 1.82) is 0 Å². The molecule has 3 aromatic rings. The molecule has 0 spiro atoms. The third-order valence-electron chi connectivity index (χ3n) is 6.43. The van der Waals surface area contributed by atoms with Crippen LogP contribution in [0.4, 0.5) is 11.4 Å². The number of para-hydroxylation sites is 1. The van der Waals surface area contributed by atoms with E-state index in [1.54, 1.807) is 18.3 Å². The predicted octanol–water partition coefficient (Wildman–Crippen LogP) is 1.96. The summed E-state index contributed by atoms with van der Waals surface area (Å²) in [7, 11) is -8.98. The van der Waals surface area contributed by atoms with Crippen LogP contribution in [0.1, 0.15) is 25.8 Å². The van der Waals surface area contributed by atoms with Crippen molar-refractivity contribution >= 4 is 64.0 Å². The zero-order chi connectivity index (χ0) is 27.7. The van der Waals surface area contributed by atoms with Crippen LogP contribution in [0.2, 0.25) is 0 Å². The van der Waals surface area contributed by atoms with Gasteiger partial charge in [-0.05, 0) is 77.0 Å². The van der Waals surface area contributed by atoms with E-state index < -0.39 is 31.4 Å². The molecule has 0 saturated carbocycles. The minimum absolute atomic E-state index is 0. The topological polar surface area (TPSA) is 129 Å². The Labute approximate surface area is 280 Å². The van der Waals surface area contributed by atoms with Gasteiger partial charge in [0.05, 0.1) is 20.4 Å². The summed E-state index contributed by atoms with van der Waals surface area (Å²) in [5.41, 5.74) is 2.96. The van der Waals surface area contributed by atoms with Crippen molar-refractivity contribution in [3.63, 3.8) is 0 Å². The van der Waals surface area contributed by atoms with E-state index in [1.165, 1.54) is 12.1 Å². The molecule has 12 heteroatoms. The SMILES string of the molecule is CC1(C)C(/C=C/C(Br)=C/Nc2ccccc2)=[N+](CCCS(=O)(=O)[O-])c2ccc3cc(S(=O)(=O)[O-])ccc3c21.[K+]. The number of hydrogen-bond acceptors (Lipinski definition) is 7. The summed E-state index contributed by atoms with van der Waals surface area (Å²) < 4.78 is 71.2. The first kappa shape index (κ1) is 32.3. The van der Waals surface area contributed by atoms with Gasteiger partial charge in [-0.25, -0.2) is 16.8 Å². The quantitative estimate of drug-likeness (QED) is 0.161.